The Morgan fingerprint density at radius 1 is 0.786 bits per heavy atom. The molecule has 0 aliphatic rings. The van der Waals surface area contributed by atoms with Crippen LogP contribution in [0.1, 0.15) is 41.5 Å². The van der Waals surface area contributed by atoms with Crippen LogP contribution in [0.15, 0.2) is 109 Å². The highest BCUT2D eigenvalue weighted by Crippen LogP contribution is 2.31. The van der Waals surface area contributed by atoms with Crippen LogP contribution < -0.4 is 14.8 Å². The smallest absolute Gasteiger partial charge is 0.325 e. The zero-order valence-electron chi connectivity index (χ0n) is 24.2. The molecule has 0 aliphatic heterocycles. The third kappa shape index (κ3) is 8.86. The number of amides is 2. The van der Waals surface area contributed by atoms with Crippen molar-refractivity contribution in [2.45, 2.75) is 32.4 Å². The molecule has 0 radical (unpaired) electrons. The predicted molar refractivity (Wildman–Crippen MR) is 164 cm³/mol. The summed E-state index contributed by atoms with van der Waals surface area (Å²) in [4.78, 5) is 27.1. The molecule has 0 unspecified atom stereocenters. The molecule has 7 heteroatoms. The van der Waals surface area contributed by atoms with Crippen molar-refractivity contribution in [1.82, 2.24) is 10.2 Å². The van der Waals surface area contributed by atoms with Crippen LogP contribution in [0.3, 0.4) is 0 Å². The molecule has 0 aliphatic carbocycles. The molecular weight excluding hydrogens is 528 g/mol. The van der Waals surface area contributed by atoms with Gasteiger partial charge in [0.2, 0.25) is 0 Å². The van der Waals surface area contributed by atoms with Gasteiger partial charge < -0.3 is 24.4 Å². The minimum absolute atomic E-state index is 0.0936. The lowest BCUT2D eigenvalue weighted by Crippen LogP contribution is -2.42. The van der Waals surface area contributed by atoms with Crippen molar-refractivity contribution in [3.8, 4) is 11.5 Å². The second-order valence-corrected chi connectivity index (χ2v) is 9.81. The summed E-state index contributed by atoms with van der Waals surface area (Å²) in [6.45, 7) is 2.99. The van der Waals surface area contributed by atoms with Gasteiger partial charge in [-0.3, -0.25) is 4.79 Å². The fourth-order valence-electron chi connectivity index (χ4n) is 4.79. The van der Waals surface area contributed by atoms with Crippen molar-refractivity contribution in [3.05, 3.63) is 131 Å². The summed E-state index contributed by atoms with van der Waals surface area (Å²) in [6, 6.07) is 35.8. The van der Waals surface area contributed by atoms with E-state index >= 15 is 0 Å². The van der Waals surface area contributed by atoms with Crippen molar-refractivity contribution >= 4 is 12.0 Å². The van der Waals surface area contributed by atoms with Crippen molar-refractivity contribution in [2.24, 2.45) is 0 Å². The maximum absolute atomic E-state index is 13.4. The molecule has 1 N–H and O–H groups in total. The molecule has 0 saturated carbocycles. The monoisotopic (exact) mass is 566 g/mol. The van der Waals surface area contributed by atoms with Gasteiger partial charge >= 0.3 is 12.0 Å². The van der Waals surface area contributed by atoms with Gasteiger partial charge in [0.1, 0.15) is 13.2 Å². The van der Waals surface area contributed by atoms with Crippen molar-refractivity contribution in [1.29, 1.82) is 0 Å². The first-order valence-electron chi connectivity index (χ1n) is 14.2. The van der Waals surface area contributed by atoms with E-state index in [-0.39, 0.29) is 25.1 Å². The average Bonchev–Trinajstić information content (AvgIpc) is 3.04. The third-order valence-electron chi connectivity index (χ3n) is 6.91. The highest BCUT2D eigenvalue weighted by atomic mass is 16.5. The molecule has 2 amide bonds. The molecule has 4 aromatic carbocycles. The molecule has 0 bridgehead atoms. The maximum Gasteiger partial charge on any atom is 0.325 e. The molecular formula is C35H38N2O5. The lowest BCUT2D eigenvalue weighted by molar-refractivity contribution is -0.141. The van der Waals surface area contributed by atoms with Gasteiger partial charge in [0.05, 0.1) is 13.7 Å². The lowest BCUT2D eigenvalue weighted by atomic mass is 9.88. The normalized spacial score (nSPS) is 10.6. The Hall–Kier alpha value is -4.78. The SMILES string of the molecule is CCOC(=O)CNC(=O)N(CCC(c1ccccc1)c1ccccc1)Cc1ccc(OCc2ccccc2)c(OC)c1. The quantitative estimate of drug-likeness (QED) is 0.175. The first-order chi connectivity index (χ1) is 20.6. The number of nitrogens with zero attached hydrogens (tertiary/aromatic N) is 1. The van der Waals surface area contributed by atoms with Gasteiger partial charge in [-0.05, 0) is 47.7 Å². The number of methoxy groups -OCH3 is 1. The van der Waals surface area contributed by atoms with E-state index in [1.54, 1.807) is 18.9 Å². The molecule has 0 aromatic heterocycles. The summed E-state index contributed by atoms with van der Waals surface area (Å²) >= 11 is 0. The Morgan fingerprint density at radius 3 is 2.00 bits per heavy atom. The third-order valence-corrected chi connectivity index (χ3v) is 6.91. The summed E-state index contributed by atoms with van der Waals surface area (Å²) < 4.78 is 16.6. The number of hydrogen-bond donors (Lipinski definition) is 1. The van der Waals surface area contributed by atoms with Crippen LogP contribution in [0.25, 0.3) is 0 Å². The van der Waals surface area contributed by atoms with E-state index in [0.717, 1.165) is 11.1 Å². The van der Waals surface area contributed by atoms with Crippen LogP contribution in [0.5, 0.6) is 11.5 Å². The number of carbonyl (C=O) groups excluding carboxylic acids is 2. The van der Waals surface area contributed by atoms with Crippen LogP contribution in [0.4, 0.5) is 4.79 Å². The summed E-state index contributed by atoms with van der Waals surface area (Å²) in [5.41, 5.74) is 4.29. The number of urea groups is 1. The van der Waals surface area contributed by atoms with Crippen LogP contribution in [0, 0.1) is 0 Å². The molecule has 4 rings (SSSR count). The fourth-order valence-corrected chi connectivity index (χ4v) is 4.79. The van der Waals surface area contributed by atoms with Gasteiger partial charge in [-0.25, -0.2) is 4.79 Å². The first-order valence-corrected chi connectivity index (χ1v) is 14.2. The molecule has 42 heavy (non-hydrogen) atoms. The fraction of sp³-hybridized carbons (Fsp3) is 0.257. The lowest BCUT2D eigenvalue weighted by Gasteiger charge is -2.26. The minimum atomic E-state index is -0.473. The Labute approximate surface area is 248 Å². The number of nitrogens with one attached hydrogen (secondary N) is 1. The number of rotatable bonds is 14. The van der Waals surface area contributed by atoms with E-state index < -0.39 is 5.97 Å². The average molecular weight is 567 g/mol. The topological polar surface area (TPSA) is 77.1 Å². The van der Waals surface area contributed by atoms with Gasteiger partial charge in [-0.15, -0.1) is 0 Å². The second-order valence-electron chi connectivity index (χ2n) is 9.81. The number of ether oxygens (including phenoxy) is 3. The molecule has 0 spiro atoms. The summed E-state index contributed by atoms with van der Waals surface area (Å²) in [7, 11) is 1.60. The summed E-state index contributed by atoms with van der Waals surface area (Å²) in [6.07, 6.45) is 0.691. The van der Waals surface area contributed by atoms with Crippen LogP contribution in [-0.4, -0.2) is 43.7 Å². The van der Waals surface area contributed by atoms with Crippen molar-refractivity contribution in [3.63, 3.8) is 0 Å². The van der Waals surface area contributed by atoms with E-state index in [4.69, 9.17) is 14.2 Å². The highest BCUT2D eigenvalue weighted by molar-refractivity contribution is 5.80. The molecule has 7 nitrogen and oxygen atoms in total. The van der Waals surface area contributed by atoms with Gasteiger partial charge in [0.25, 0.3) is 0 Å². The molecule has 0 heterocycles. The van der Waals surface area contributed by atoms with Crippen molar-refractivity contribution in [2.75, 3.05) is 26.8 Å². The van der Waals surface area contributed by atoms with E-state index in [1.165, 1.54) is 11.1 Å². The molecule has 0 saturated heterocycles. The van der Waals surface area contributed by atoms with Gasteiger partial charge in [0, 0.05) is 19.0 Å². The number of esters is 1. The van der Waals surface area contributed by atoms with Gasteiger partial charge in [0.15, 0.2) is 11.5 Å². The largest absolute Gasteiger partial charge is 0.493 e. The minimum Gasteiger partial charge on any atom is -0.493 e. The Bertz CT molecular complexity index is 1360. The molecule has 218 valence electrons. The summed E-state index contributed by atoms with van der Waals surface area (Å²) in [5.74, 6) is 0.827. The zero-order chi connectivity index (χ0) is 29.6. The first kappa shape index (κ1) is 30.2. The number of carbonyl (C=O) groups is 2. The van der Waals surface area contributed by atoms with E-state index in [2.05, 4.69) is 29.6 Å². The second kappa shape index (κ2) is 15.9. The van der Waals surface area contributed by atoms with E-state index in [0.29, 0.717) is 37.6 Å². The highest BCUT2D eigenvalue weighted by Gasteiger charge is 2.21. The Morgan fingerprint density at radius 2 is 1.40 bits per heavy atom. The van der Waals surface area contributed by atoms with E-state index in [9.17, 15) is 9.59 Å². The van der Waals surface area contributed by atoms with Crippen LogP contribution in [0.2, 0.25) is 0 Å². The Kier molecular flexibility index (Phi) is 11.4. The van der Waals surface area contributed by atoms with E-state index in [1.807, 2.05) is 84.9 Å². The standard InChI is InChI=1S/C35H38N2O5/c1-3-41-34(38)24-36-35(39)37(22-21-31(29-15-9-5-10-16-29)30-17-11-6-12-18-30)25-28-19-20-32(33(23-28)40-2)42-26-27-13-7-4-8-14-27/h4-20,23,31H,3,21-22,24-26H2,1-2H3,(H,36,39). The van der Waals surface area contributed by atoms with Gasteiger partial charge in [-0.2, -0.15) is 0 Å². The van der Waals surface area contributed by atoms with Gasteiger partial charge in [-0.1, -0.05) is 97.1 Å². The van der Waals surface area contributed by atoms with Crippen LogP contribution >= 0.6 is 0 Å². The number of hydrogen-bond acceptors (Lipinski definition) is 5. The number of benzene rings is 4. The van der Waals surface area contributed by atoms with Crippen molar-refractivity contribution < 1.29 is 23.8 Å². The molecule has 0 fully saturated rings. The molecule has 4 aromatic rings. The van der Waals surface area contributed by atoms with Crippen LogP contribution in [-0.2, 0) is 22.7 Å². The zero-order valence-corrected chi connectivity index (χ0v) is 24.2. The molecule has 0 atom stereocenters. The maximum atomic E-state index is 13.4. The Balaban J connectivity index is 1.52. The summed E-state index contributed by atoms with van der Waals surface area (Å²) in [5, 5.41) is 2.73. The predicted octanol–water partition coefficient (Wildman–Crippen LogP) is 6.57.